The lowest BCUT2D eigenvalue weighted by Gasteiger charge is -2.14. The Balaban J connectivity index is 2.20. The molecule has 0 aliphatic rings. The van der Waals surface area contributed by atoms with E-state index in [1.54, 1.807) is 0 Å². The Hall–Kier alpha value is -0.970. The average Bonchev–Trinajstić information content (AvgIpc) is 2.71. The van der Waals surface area contributed by atoms with Crippen LogP contribution in [0.25, 0.3) is 0 Å². The number of thiophene rings is 1. The van der Waals surface area contributed by atoms with Crippen molar-refractivity contribution in [3.63, 3.8) is 0 Å². The molecule has 0 fully saturated rings. The number of rotatable bonds is 4. The maximum atomic E-state index is 13.1. The number of nitrogens with one attached hydrogen (secondary N) is 1. The van der Waals surface area contributed by atoms with E-state index in [4.69, 9.17) is 11.6 Å². The summed E-state index contributed by atoms with van der Waals surface area (Å²) in [6, 6.07) is 7.32. The minimum absolute atomic E-state index is 0.00343. The van der Waals surface area contributed by atoms with Crippen LogP contribution in [0.3, 0.4) is 0 Å². The highest BCUT2D eigenvalue weighted by Gasteiger charge is 2.13. The summed E-state index contributed by atoms with van der Waals surface area (Å²) in [4.78, 5) is 1.05. The lowest BCUT2D eigenvalue weighted by molar-refractivity contribution is 0.565. The van der Waals surface area contributed by atoms with Crippen molar-refractivity contribution in [3.8, 4) is 0 Å². The Morgan fingerprint density at radius 3 is 2.39 bits per heavy atom. The summed E-state index contributed by atoms with van der Waals surface area (Å²) in [7, 11) is 1.81. The molecule has 1 unspecified atom stereocenters. The molecule has 1 nitrogen and oxygen atoms in total. The molecule has 0 radical (unpaired) electrons. The highest BCUT2D eigenvalue weighted by Crippen LogP contribution is 2.29. The van der Waals surface area contributed by atoms with Crippen LogP contribution in [-0.2, 0) is 6.42 Å². The molecule has 1 N–H and O–H groups in total. The molecule has 1 aromatic carbocycles. The van der Waals surface area contributed by atoms with Crippen LogP contribution in [0.1, 0.15) is 16.5 Å². The fourth-order valence-corrected chi connectivity index (χ4v) is 3.00. The molecule has 0 saturated heterocycles. The second-order valence-corrected chi connectivity index (χ2v) is 5.71. The number of benzene rings is 1. The molecule has 2 rings (SSSR count). The smallest absolute Gasteiger partial charge is 0.126 e. The highest BCUT2D eigenvalue weighted by molar-refractivity contribution is 7.16. The standard InChI is InChI=1S/C13H12ClF2NS/c1-17-11(12-2-3-13(14)18-12)6-8-4-9(15)7-10(16)5-8/h2-5,7,11,17H,6H2,1H3. The van der Waals surface area contributed by atoms with E-state index in [-0.39, 0.29) is 6.04 Å². The predicted octanol–water partition coefficient (Wildman–Crippen LogP) is 4.18. The topological polar surface area (TPSA) is 12.0 Å². The molecule has 1 heterocycles. The molecule has 5 heteroatoms. The van der Waals surface area contributed by atoms with E-state index in [0.29, 0.717) is 16.3 Å². The van der Waals surface area contributed by atoms with Crippen molar-refractivity contribution >= 4 is 22.9 Å². The fourth-order valence-electron chi connectivity index (χ4n) is 1.82. The summed E-state index contributed by atoms with van der Waals surface area (Å²) in [5.74, 6) is -1.10. The Bertz CT molecular complexity index is 521. The van der Waals surface area contributed by atoms with Crippen molar-refractivity contribution in [2.45, 2.75) is 12.5 Å². The Morgan fingerprint density at radius 2 is 1.89 bits per heavy atom. The third kappa shape index (κ3) is 3.28. The molecule has 18 heavy (non-hydrogen) atoms. The van der Waals surface area contributed by atoms with Gasteiger partial charge in [-0.2, -0.15) is 0 Å². The molecular weight excluding hydrogens is 276 g/mol. The van der Waals surface area contributed by atoms with E-state index in [2.05, 4.69) is 5.32 Å². The van der Waals surface area contributed by atoms with Gasteiger partial charge in [-0.15, -0.1) is 11.3 Å². The first-order chi connectivity index (χ1) is 8.58. The number of hydrogen-bond donors (Lipinski definition) is 1. The van der Waals surface area contributed by atoms with Crippen LogP contribution in [0.2, 0.25) is 4.34 Å². The molecule has 0 saturated carbocycles. The SMILES string of the molecule is CNC(Cc1cc(F)cc(F)c1)c1ccc(Cl)s1. The summed E-state index contributed by atoms with van der Waals surface area (Å²) in [6.45, 7) is 0. The van der Waals surface area contributed by atoms with Crippen molar-refractivity contribution in [2.24, 2.45) is 0 Å². The van der Waals surface area contributed by atoms with Crippen molar-refractivity contribution in [3.05, 3.63) is 56.7 Å². The van der Waals surface area contributed by atoms with Crippen LogP contribution in [-0.4, -0.2) is 7.05 Å². The monoisotopic (exact) mass is 287 g/mol. The van der Waals surface area contributed by atoms with Gasteiger partial charge in [0.1, 0.15) is 11.6 Å². The average molecular weight is 288 g/mol. The van der Waals surface area contributed by atoms with Gasteiger partial charge in [0.25, 0.3) is 0 Å². The zero-order chi connectivity index (χ0) is 13.1. The highest BCUT2D eigenvalue weighted by atomic mass is 35.5. The predicted molar refractivity (Wildman–Crippen MR) is 71.2 cm³/mol. The van der Waals surface area contributed by atoms with E-state index in [1.807, 2.05) is 19.2 Å². The first-order valence-corrected chi connectivity index (χ1v) is 6.65. The summed E-state index contributed by atoms with van der Waals surface area (Å²) in [5.41, 5.74) is 0.622. The minimum atomic E-state index is -0.552. The molecule has 0 aliphatic carbocycles. The van der Waals surface area contributed by atoms with Crippen LogP contribution < -0.4 is 5.32 Å². The third-order valence-corrected chi connectivity index (χ3v) is 3.99. The molecule has 96 valence electrons. The first-order valence-electron chi connectivity index (χ1n) is 5.46. The summed E-state index contributed by atoms with van der Waals surface area (Å²) in [6.07, 6.45) is 0.516. The molecule has 1 aromatic heterocycles. The van der Waals surface area contributed by atoms with Gasteiger partial charge in [-0.3, -0.25) is 0 Å². The number of hydrogen-bond acceptors (Lipinski definition) is 2. The molecule has 0 aliphatic heterocycles. The number of likely N-dealkylation sites (N-methyl/N-ethyl adjacent to an activating group) is 1. The van der Waals surface area contributed by atoms with Crippen molar-refractivity contribution in [1.29, 1.82) is 0 Å². The molecule has 1 atom stereocenters. The van der Waals surface area contributed by atoms with E-state index < -0.39 is 11.6 Å². The van der Waals surface area contributed by atoms with E-state index in [0.717, 1.165) is 10.9 Å². The quantitative estimate of drug-likeness (QED) is 0.889. The summed E-state index contributed by atoms with van der Waals surface area (Å²) < 4.78 is 26.9. The van der Waals surface area contributed by atoms with Gasteiger partial charge >= 0.3 is 0 Å². The van der Waals surface area contributed by atoms with Gasteiger partial charge < -0.3 is 5.32 Å². The van der Waals surface area contributed by atoms with E-state index >= 15 is 0 Å². The summed E-state index contributed by atoms with van der Waals surface area (Å²) in [5, 5.41) is 3.13. The maximum Gasteiger partial charge on any atom is 0.126 e. The van der Waals surface area contributed by atoms with Crippen LogP contribution in [0.4, 0.5) is 8.78 Å². The summed E-state index contributed by atoms with van der Waals surface area (Å²) >= 11 is 7.35. The van der Waals surface area contributed by atoms with Gasteiger partial charge in [0.15, 0.2) is 0 Å². The van der Waals surface area contributed by atoms with Crippen LogP contribution in [0, 0.1) is 11.6 Å². The molecular formula is C13H12ClF2NS. The maximum absolute atomic E-state index is 13.1. The zero-order valence-corrected chi connectivity index (χ0v) is 11.3. The number of halogens is 3. The lowest BCUT2D eigenvalue weighted by Crippen LogP contribution is -2.17. The van der Waals surface area contributed by atoms with Gasteiger partial charge in [-0.1, -0.05) is 11.6 Å². The zero-order valence-electron chi connectivity index (χ0n) is 9.71. The second kappa shape index (κ2) is 5.78. The molecule has 2 aromatic rings. The van der Waals surface area contributed by atoms with Crippen molar-refractivity contribution in [1.82, 2.24) is 5.32 Å². The Labute approximate surface area is 113 Å². The largest absolute Gasteiger partial charge is 0.312 e. The van der Waals surface area contributed by atoms with Crippen molar-refractivity contribution in [2.75, 3.05) is 7.05 Å². The van der Waals surface area contributed by atoms with Gasteiger partial charge in [0, 0.05) is 17.0 Å². The minimum Gasteiger partial charge on any atom is -0.312 e. The van der Waals surface area contributed by atoms with Crippen LogP contribution >= 0.6 is 22.9 Å². The fraction of sp³-hybridized carbons (Fsp3) is 0.231. The van der Waals surface area contributed by atoms with Crippen LogP contribution in [0.5, 0.6) is 0 Å². The van der Waals surface area contributed by atoms with Gasteiger partial charge in [-0.05, 0) is 43.3 Å². The van der Waals surface area contributed by atoms with Gasteiger partial charge in [0.2, 0.25) is 0 Å². The van der Waals surface area contributed by atoms with E-state index in [9.17, 15) is 8.78 Å². The third-order valence-electron chi connectivity index (χ3n) is 2.65. The molecule has 0 amide bonds. The first kappa shape index (κ1) is 13.5. The van der Waals surface area contributed by atoms with Gasteiger partial charge in [-0.25, -0.2) is 8.78 Å². The molecule has 0 spiro atoms. The molecule has 0 bridgehead atoms. The normalized spacial score (nSPS) is 12.7. The van der Waals surface area contributed by atoms with E-state index in [1.165, 1.54) is 23.5 Å². The van der Waals surface area contributed by atoms with Crippen molar-refractivity contribution < 1.29 is 8.78 Å². The Morgan fingerprint density at radius 1 is 1.22 bits per heavy atom. The lowest BCUT2D eigenvalue weighted by atomic mass is 10.0. The van der Waals surface area contributed by atoms with Crippen LogP contribution in [0.15, 0.2) is 30.3 Å². The second-order valence-electron chi connectivity index (χ2n) is 3.96. The van der Waals surface area contributed by atoms with Gasteiger partial charge in [0.05, 0.1) is 4.34 Å². The Kier molecular flexibility index (Phi) is 4.32.